The van der Waals surface area contributed by atoms with Crippen molar-refractivity contribution in [1.82, 2.24) is 15.3 Å². The summed E-state index contributed by atoms with van der Waals surface area (Å²) in [6.07, 6.45) is 15.2. The fourth-order valence-corrected chi connectivity index (χ4v) is 3.07. The van der Waals surface area contributed by atoms with E-state index in [-0.39, 0.29) is 0 Å². The third kappa shape index (κ3) is 3.77. The van der Waals surface area contributed by atoms with Crippen molar-refractivity contribution in [1.29, 1.82) is 0 Å². The number of rotatable bonds is 4. The zero-order chi connectivity index (χ0) is 12.6. The van der Waals surface area contributed by atoms with Crippen molar-refractivity contribution in [2.75, 3.05) is 6.54 Å². The van der Waals surface area contributed by atoms with Gasteiger partial charge in [0.25, 0.3) is 0 Å². The Balaban J connectivity index is 2.07. The van der Waals surface area contributed by atoms with E-state index < -0.39 is 0 Å². The van der Waals surface area contributed by atoms with Crippen LogP contribution in [0, 0.1) is 5.92 Å². The highest BCUT2D eigenvalue weighted by atomic mass is 14.9. The van der Waals surface area contributed by atoms with Crippen molar-refractivity contribution in [3.63, 3.8) is 0 Å². The molecule has 1 fully saturated rings. The average molecular weight is 247 g/mol. The Morgan fingerprint density at radius 2 is 1.72 bits per heavy atom. The molecule has 1 aliphatic carbocycles. The number of hydrogen-bond acceptors (Lipinski definition) is 3. The van der Waals surface area contributed by atoms with Crippen molar-refractivity contribution in [2.45, 2.75) is 57.9 Å². The third-order valence-corrected chi connectivity index (χ3v) is 3.98. The molecule has 100 valence electrons. The van der Waals surface area contributed by atoms with Gasteiger partial charge >= 0.3 is 0 Å². The van der Waals surface area contributed by atoms with Crippen LogP contribution < -0.4 is 5.32 Å². The quantitative estimate of drug-likeness (QED) is 0.885. The first-order valence-electron chi connectivity index (χ1n) is 7.40. The van der Waals surface area contributed by atoms with E-state index in [9.17, 15) is 0 Å². The van der Waals surface area contributed by atoms with Crippen molar-refractivity contribution < 1.29 is 0 Å². The zero-order valence-electron chi connectivity index (χ0n) is 11.4. The number of aromatic nitrogens is 2. The molecule has 0 spiro atoms. The second-order valence-corrected chi connectivity index (χ2v) is 5.31. The molecule has 3 heteroatoms. The summed E-state index contributed by atoms with van der Waals surface area (Å²) in [5, 5.41) is 3.64. The van der Waals surface area contributed by atoms with Gasteiger partial charge in [0, 0.05) is 24.0 Å². The number of hydrogen-bond donors (Lipinski definition) is 1. The summed E-state index contributed by atoms with van der Waals surface area (Å²) in [5.74, 6) is 0.747. The molecule has 0 saturated heterocycles. The minimum absolute atomic E-state index is 0.439. The van der Waals surface area contributed by atoms with E-state index >= 15 is 0 Å². The first-order chi connectivity index (χ1) is 8.92. The standard InChI is InChI=1S/C15H25N3/c1-2-18-15(14-10-16-12-17-11-14)13-8-6-4-3-5-7-9-13/h10-13,15,18H,2-9H2,1H3. The smallest absolute Gasteiger partial charge is 0.115 e. The van der Waals surface area contributed by atoms with Gasteiger partial charge in [-0.15, -0.1) is 0 Å². The summed E-state index contributed by atoms with van der Waals surface area (Å²) in [6.45, 7) is 3.19. The Labute approximate surface area is 110 Å². The summed E-state index contributed by atoms with van der Waals surface area (Å²) >= 11 is 0. The lowest BCUT2D eigenvalue weighted by atomic mass is 9.83. The third-order valence-electron chi connectivity index (χ3n) is 3.98. The van der Waals surface area contributed by atoms with Crippen LogP contribution in [-0.2, 0) is 0 Å². The highest BCUT2D eigenvalue weighted by Gasteiger charge is 2.23. The lowest BCUT2D eigenvalue weighted by Gasteiger charge is -2.29. The molecule has 1 unspecified atom stereocenters. The van der Waals surface area contributed by atoms with E-state index in [1.165, 1.54) is 50.5 Å². The molecule has 0 aromatic carbocycles. The van der Waals surface area contributed by atoms with E-state index in [4.69, 9.17) is 0 Å². The molecular weight excluding hydrogens is 222 g/mol. The van der Waals surface area contributed by atoms with Crippen LogP contribution >= 0.6 is 0 Å². The SMILES string of the molecule is CCNC(c1cncnc1)C1CCCCCCC1. The average Bonchev–Trinajstić information content (AvgIpc) is 2.38. The molecule has 1 N–H and O–H groups in total. The molecule has 1 atom stereocenters. The van der Waals surface area contributed by atoms with E-state index in [2.05, 4.69) is 22.2 Å². The lowest BCUT2D eigenvalue weighted by molar-refractivity contribution is 0.290. The molecule has 2 rings (SSSR count). The number of nitrogens with zero attached hydrogens (tertiary/aromatic N) is 2. The maximum atomic E-state index is 4.17. The maximum absolute atomic E-state index is 4.17. The molecular formula is C15H25N3. The second-order valence-electron chi connectivity index (χ2n) is 5.31. The van der Waals surface area contributed by atoms with Gasteiger partial charge in [-0.2, -0.15) is 0 Å². The summed E-state index contributed by atoms with van der Waals surface area (Å²) in [4.78, 5) is 8.35. The lowest BCUT2D eigenvalue weighted by Crippen LogP contribution is -2.29. The van der Waals surface area contributed by atoms with Gasteiger partial charge < -0.3 is 5.32 Å². The molecule has 0 amide bonds. The van der Waals surface area contributed by atoms with Gasteiger partial charge in [-0.05, 0) is 25.3 Å². The fraction of sp³-hybridized carbons (Fsp3) is 0.733. The molecule has 0 aliphatic heterocycles. The molecule has 18 heavy (non-hydrogen) atoms. The fourth-order valence-electron chi connectivity index (χ4n) is 3.07. The van der Waals surface area contributed by atoms with E-state index in [1.807, 2.05) is 12.4 Å². The Morgan fingerprint density at radius 1 is 1.11 bits per heavy atom. The topological polar surface area (TPSA) is 37.8 Å². The van der Waals surface area contributed by atoms with Gasteiger partial charge in [0.05, 0.1) is 0 Å². The Kier molecular flexibility index (Phi) is 5.59. The van der Waals surface area contributed by atoms with Crippen LogP contribution in [0.25, 0.3) is 0 Å². The predicted octanol–water partition coefficient (Wildman–Crippen LogP) is 3.49. The van der Waals surface area contributed by atoms with Crippen molar-refractivity contribution in [3.8, 4) is 0 Å². The highest BCUT2D eigenvalue weighted by molar-refractivity contribution is 5.10. The van der Waals surface area contributed by atoms with Crippen LogP contribution in [0.5, 0.6) is 0 Å². The van der Waals surface area contributed by atoms with E-state index in [0.717, 1.165) is 12.5 Å². The van der Waals surface area contributed by atoms with Crippen LogP contribution in [0.4, 0.5) is 0 Å². The minimum Gasteiger partial charge on any atom is -0.310 e. The first kappa shape index (κ1) is 13.5. The first-order valence-corrected chi connectivity index (χ1v) is 7.40. The van der Waals surface area contributed by atoms with Crippen LogP contribution in [-0.4, -0.2) is 16.5 Å². The van der Waals surface area contributed by atoms with Crippen LogP contribution in [0.2, 0.25) is 0 Å². The van der Waals surface area contributed by atoms with E-state index in [1.54, 1.807) is 6.33 Å². The molecule has 3 nitrogen and oxygen atoms in total. The monoisotopic (exact) mass is 247 g/mol. The predicted molar refractivity (Wildman–Crippen MR) is 74.3 cm³/mol. The zero-order valence-corrected chi connectivity index (χ0v) is 11.4. The summed E-state index contributed by atoms with van der Waals surface area (Å²) < 4.78 is 0. The van der Waals surface area contributed by atoms with Crippen LogP contribution in [0.15, 0.2) is 18.7 Å². The Hall–Kier alpha value is -0.960. The van der Waals surface area contributed by atoms with Crippen LogP contribution in [0.3, 0.4) is 0 Å². The van der Waals surface area contributed by atoms with Gasteiger partial charge in [-0.3, -0.25) is 0 Å². The molecule has 0 radical (unpaired) electrons. The largest absolute Gasteiger partial charge is 0.310 e. The van der Waals surface area contributed by atoms with Gasteiger partial charge in [0.15, 0.2) is 0 Å². The molecule has 1 saturated carbocycles. The maximum Gasteiger partial charge on any atom is 0.115 e. The van der Waals surface area contributed by atoms with Gasteiger partial charge in [0.2, 0.25) is 0 Å². The minimum atomic E-state index is 0.439. The van der Waals surface area contributed by atoms with Crippen molar-refractivity contribution in [2.24, 2.45) is 5.92 Å². The molecule has 1 heterocycles. The second kappa shape index (κ2) is 7.47. The normalized spacial score (nSPS) is 20.1. The van der Waals surface area contributed by atoms with Crippen LogP contribution in [0.1, 0.15) is 63.5 Å². The Bertz CT molecular complexity index is 318. The number of nitrogens with one attached hydrogen (secondary N) is 1. The van der Waals surface area contributed by atoms with Crippen molar-refractivity contribution >= 4 is 0 Å². The summed E-state index contributed by atoms with van der Waals surface area (Å²) in [5.41, 5.74) is 1.25. The summed E-state index contributed by atoms with van der Waals surface area (Å²) in [7, 11) is 0. The molecule has 0 bridgehead atoms. The van der Waals surface area contributed by atoms with Gasteiger partial charge in [-0.1, -0.05) is 39.0 Å². The Morgan fingerprint density at radius 3 is 2.33 bits per heavy atom. The van der Waals surface area contributed by atoms with Crippen molar-refractivity contribution in [3.05, 3.63) is 24.3 Å². The molecule has 1 aliphatic rings. The van der Waals surface area contributed by atoms with Gasteiger partial charge in [-0.25, -0.2) is 9.97 Å². The highest BCUT2D eigenvalue weighted by Crippen LogP contribution is 2.32. The molecule has 1 aromatic heterocycles. The summed E-state index contributed by atoms with van der Waals surface area (Å²) in [6, 6.07) is 0.439. The van der Waals surface area contributed by atoms with E-state index in [0.29, 0.717) is 6.04 Å². The molecule has 1 aromatic rings. The van der Waals surface area contributed by atoms with Gasteiger partial charge in [0.1, 0.15) is 6.33 Å².